The predicted octanol–water partition coefficient (Wildman–Crippen LogP) is 2.65. The van der Waals surface area contributed by atoms with Crippen molar-refractivity contribution in [1.29, 1.82) is 0 Å². The van der Waals surface area contributed by atoms with Gasteiger partial charge < -0.3 is 5.11 Å². The van der Waals surface area contributed by atoms with Crippen LogP contribution in [0.5, 0.6) is 0 Å². The van der Waals surface area contributed by atoms with Crippen LogP contribution in [0.4, 0.5) is 0 Å². The van der Waals surface area contributed by atoms with Crippen molar-refractivity contribution in [2.75, 3.05) is 0 Å². The summed E-state index contributed by atoms with van der Waals surface area (Å²) in [5.41, 5.74) is 2.18. The molecular weight excluding hydrogens is 240 g/mol. The highest BCUT2D eigenvalue weighted by molar-refractivity contribution is 5.83. The van der Waals surface area contributed by atoms with Crippen LogP contribution in [0.1, 0.15) is 30.4 Å². The summed E-state index contributed by atoms with van der Waals surface area (Å²) in [4.78, 5) is 11.4. The van der Waals surface area contributed by atoms with Crippen LogP contribution < -0.4 is 0 Å². The molecule has 0 saturated carbocycles. The largest absolute Gasteiger partial charge is 0.480 e. The third kappa shape index (κ3) is 3.22. The highest BCUT2D eigenvalue weighted by atomic mass is 16.4. The number of carboxylic acid groups (broad SMARTS) is 1. The first kappa shape index (κ1) is 13.3. The smallest absolute Gasteiger partial charge is 0.328 e. The standard InChI is InChI=1S/C15H18N2O2/c1-2-3-4-9-14(15(18)19)17-11-13-8-6-5-7-12(13)10-16-17/h2,5-8,10,14H,1,3-4,9,11H2,(H,18,19). The Kier molecular flexibility index (Phi) is 4.34. The number of hydrogen-bond donors (Lipinski definition) is 1. The minimum atomic E-state index is -0.819. The molecule has 1 aromatic carbocycles. The van der Waals surface area contributed by atoms with Gasteiger partial charge in [0.15, 0.2) is 0 Å². The quantitative estimate of drug-likeness (QED) is 0.630. The first-order valence-corrected chi connectivity index (χ1v) is 6.44. The number of hydrogen-bond acceptors (Lipinski definition) is 3. The van der Waals surface area contributed by atoms with Crippen molar-refractivity contribution in [2.45, 2.75) is 31.8 Å². The molecule has 1 aliphatic heterocycles. The average molecular weight is 258 g/mol. The molecule has 19 heavy (non-hydrogen) atoms. The lowest BCUT2D eigenvalue weighted by Crippen LogP contribution is -2.38. The lowest BCUT2D eigenvalue weighted by atomic mass is 10.0. The Morgan fingerprint density at radius 3 is 3.05 bits per heavy atom. The molecule has 0 bridgehead atoms. The number of carbonyl (C=O) groups is 1. The third-order valence-corrected chi connectivity index (χ3v) is 3.26. The molecule has 0 amide bonds. The summed E-state index contributed by atoms with van der Waals surface area (Å²) < 4.78 is 0. The fraction of sp³-hybridized carbons (Fsp3) is 0.333. The Balaban J connectivity index is 2.08. The van der Waals surface area contributed by atoms with Crippen molar-refractivity contribution in [3.8, 4) is 0 Å². The molecule has 100 valence electrons. The molecule has 0 spiro atoms. The van der Waals surface area contributed by atoms with E-state index in [1.54, 1.807) is 11.2 Å². The molecule has 1 aliphatic rings. The lowest BCUT2D eigenvalue weighted by molar-refractivity contribution is -0.144. The number of fused-ring (bicyclic) bond motifs is 1. The van der Waals surface area contributed by atoms with E-state index in [2.05, 4.69) is 11.7 Å². The van der Waals surface area contributed by atoms with Gasteiger partial charge >= 0.3 is 5.97 Å². The zero-order valence-corrected chi connectivity index (χ0v) is 10.8. The van der Waals surface area contributed by atoms with Crippen molar-refractivity contribution in [3.05, 3.63) is 48.0 Å². The van der Waals surface area contributed by atoms with Crippen molar-refractivity contribution >= 4 is 12.2 Å². The van der Waals surface area contributed by atoms with Crippen molar-refractivity contribution < 1.29 is 9.90 Å². The fourth-order valence-electron chi connectivity index (χ4n) is 2.20. The van der Waals surface area contributed by atoms with Crippen LogP contribution in [0.15, 0.2) is 42.0 Å². The summed E-state index contributed by atoms with van der Waals surface area (Å²) in [6.07, 6.45) is 5.78. The van der Waals surface area contributed by atoms with Crippen LogP contribution >= 0.6 is 0 Å². The number of benzene rings is 1. The van der Waals surface area contributed by atoms with Gasteiger partial charge in [-0.05, 0) is 30.4 Å². The Hall–Kier alpha value is -2.10. The minimum Gasteiger partial charge on any atom is -0.480 e. The number of hydrazone groups is 1. The molecule has 4 nitrogen and oxygen atoms in total. The Morgan fingerprint density at radius 2 is 2.32 bits per heavy atom. The van der Waals surface area contributed by atoms with Crippen LogP contribution in [0, 0.1) is 0 Å². The van der Waals surface area contributed by atoms with Gasteiger partial charge in [0.05, 0.1) is 12.8 Å². The fourth-order valence-corrected chi connectivity index (χ4v) is 2.20. The molecule has 1 aromatic rings. The molecule has 0 fully saturated rings. The molecule has 0 saturated heterocycles. The molecule has 1 unspecified atom stereocenters. The van der Waals surface area contributed by atoms with Gasteiger partial charge in [0.1, 0.15) is 6.04 Å². The average Bonchev–Trinajstić information content (AvgIpc) is 2.43. The van der Waals surface area contributed by atoms with Crippen molar-refractivity contribution in [1.82, 2.24) is 5.01 Å². The van der Waals surface area contributed by atoms with E-state index in [1.807, 2.05) is 30.3 Å². The molecule has 0 aromatic heterocycles. The van der Waals surface area contributed by atoms with Crippen LogP contribution in [-0.4, -0.2) is 28.3 Å². The maximum Gasteiger partial charge on any atom is 0.328 e. The Morgan fingerprint density at radius 1 is 1.53 bits per heavy atom. The summed E-state index contributed by atoms with van der Waals surface area (Å²) >= 11 is 0. The van der Waals surface area contributed by atoms with E-state index < -0.39 is 12.0 Å². The third-order valence-electron chi connectivity index (χ3n) is 3.26. The predicted molar refractivity (Wildman–Crippen MR) is 75.1 cm³/mol. The van der Waals surface area contributed by atoms with E-state index in [9.17, 15) is 9.90 Å². The van der Waals surface area contributed by atoms with Crippen LogP contribution in [0.3, 0.4) is 0 Å². The Labute approximate surface area is 113 Å². The number of carboxylic acids is 1. The van der Waals surface area contributed by atoms with Gasteiger partial charge in [0.25, 0.3) is 0 Å². The molecule has 1 atom stereocenters. The maximum atomic E-state index is 11.4. The summed E-state index contributed by atoms with van der Waals surface area (Å²) in [7, 11) is 0. The van der Waals surface area contributed by atoms with Gasteiger partial charge in [-0.2, -0.15) is 5.10 Å². The second-order valence-electron chi connectivity index (χ2n) is 4.61. The van der Waals surface area contributed by atoms with Gasteiger partial charge in [-0.1, -0.05) is 30.3 Å². The molecule has 0 aliphatic carbocycles. The molecule has 4 heteroatoms. The number of aliphatic carboxylic acids is 1. The molecular formula is C15H18N2O2. The highest BCUT2D eigenvalue weighted by Crippen LogP contribution is 2.20. The van der Waals surface area contributed by atoms with E-state index in [4.69, 9.17) is 0 Å². The first-order chi connectivity index (χ1) is 9.22. The van der Waals surface area contributed by atoms with Gasteiger partial charge in [-0.3, -0.25) is 5.01 Å². The van der Waals surface area contributed by atoms with Crippen LogP contribution in [0.2, 0.25) is 0 Å². The van der Waals surface area contributed by atoms with E-state index in [-0.39, 0.29) is 0 Å². The van der Waals surface area contributed by atoms with Crippen LogP contribution in [-0.2, 0) is 11.3 Å². The van der Waals surface area contributed by atoms with Crippen molar-refractivity contribution in [2.24, 2.45) is 5.10 Å². The molecule has 1 N–H and O–H groups in total. The number of unbranched alkanes of at least 4 members (excludes halogenated alkanes) is 1. The Bertz CT molecular complexity index is 497. The van der Waals surface area contributed by atoms with Gasteiger partial charge in [-0.15, -0.1) is 6.58 Å². The van der Waals surface area contributed by atoms with E-state index in [0.717, 1.165) is 24.0 Å². The maximum absolute atomic E-state index is 11.4. The van der Waals surface area contributed by atoms with E-state index in [0.29, 0.717) is 13.0 Å². The SMILES string of the molecule is C=CCCCC(C(=O)O)N1Cc2ccccc2C=N1. The number of allylic oxidation sites excluding steroid dienone is 1. The van der Waals surface area contributed by atoms with Crippen molar-refractivity contribution in [3.63, 3.8) is 0 Å². The topological polar surface area (TPSA) is 52.9 Å². The van der Waals surface area contributed by atoms with Gasteiger partial charge in [0, 0.05) is 0 Å². The molecule has 2 rings (SSSR count). The number of rotatable bonds is 6. The number of nitrogens with zero attached hydrogens (tertiary/aromatic N) is 2. The first-order valence-electron chi connectivity index (χ1n) is 6.44. The van der Waals surface area contributed by atoms with E-state index >= 15 is 0 Å². The summed E-state index contributed by atoms with van der Waals surface area (Å²) in [6, 6.07) is 7.35. The second-order valence-corrected chi connectivity index (χ2v) is 4.61. The lowest BCUT2D eigenvalue weighted by Gasteiger charge is -2.29. The van der Waals surface area contributed by atoms with Gasteiger partial charge in [-0.25, -0.2) is 4.79 Å². The molecule has 1 heterocycles. The highest BCUT2D eigenvalue weighted by Gasteiger charge is 2.26. The summed E-state index contributed by atoms with van der Waals surface area (Å²) in [5, 5.41) is 15.3. The van der Waals surface area contributed by atoms with Crippen LogP contribution in [0.25, 0.3) is 0 Å². The van der Waals surface area contributed by atoms with Gasteiger partial charge in [0.2, 0.25) is 0 Å². The minimum absolute atomic E-state index is 0.553. The summed E-state index contributed by atoms with van der Waals surface area (Å²) in [5.74, 6) is -0.819. The zero-order valence-electron chi connectivity index (χ0n) is 10.8. The van der Waals surface area contributed by atoms with E-state index in [1.165, 1.54) is 0 Å². The normalized spacial score (nSPS) is 14.8. The monoisotopic (exact) mass is 258 g/mol. The zero-order chi connectivity index (χ0) is 13.7. The second kappa shape index (κ2) is 6.18. The summed E-state index contributed by atoms with van der Waals surface area (Å²) in [6.45, 7) is 4.21. The molecule has 0 radical (unpaired) electrons.